The summed E-state index contributed by atoms with van der Waals surface area (Å²) in [5.74, 6) is -0.683. The molecule has 2 fully saturated rings. The summed E-state index contributed by atoms with van der Waals surface area (Å²) in [6.07, 6.45) is 0.0449. The SMILES string of the molecule is O=C(Cc1ccc(F)cc1)Nc1cc(S(=O)(=O)N2CCOCC2)ccc1N1CCOCC1. The van der Waals surface area contributed by atoms with E-state index in [0.717, 1.165) is 5.69 Å². The number of halogens is 1. The Labute approximate surface area is 187 Å². The third kappa shape index (κ3) is 5.26. The smallest absolute Gasteiger partial charge is 0.243 e. The monoisotopic (exact) mass is 463 g/mol. The van der Waals surface area contributed by atoms with E-state index in [2.05, 4.69) is 10.2 Å². The highest BCUT2D eigenvalue weighted by atomic mass is 32.2. The van der Waals surface area contributed by atoms with Crippen LogP contribution in [0.4, 0.5) is 15.8 Å². The molecule has 0 unspecified atom stereocenters. The minimum atomic E-state index is -3.71. The lowest BCUT2D eigenvalue weighted by atomic mass is 10.1. The van der Waals surface area contributed by atoms with Crippen molar-refractivity contribution in [1.29, 1.82) is 0 Å². The number of hydrogen-bond acceptors (Lipinski definition) is 6. The Morgan fingerprint density at radius 3 is 2.22 bits per heavy atom. The standard InChI is InChI=1S/C22H26FN3O5S/c23-18-3-1-17(2-4-18)15-22(27)24-20-16-19(32(28,29)26-9-13-31-14-10-26)5-6-21(20)25-7-11-30-12-8-25/h1-6,16H,7-15H2,(H,24,27). The lowest BCUT2D eigenvalue weighted by Gasteiger charge is -2.31. The molecule has 2 aliphatic heterocycles. The summed E-state index contributed by atoms with van der Waals surface area (Å²) < 4.78 is 51.5. The van der Waals surface area contributed by atoms with Gasteiger partial charge in [-0.2, -0.15) is 4.31 Å². The van der Waals surface area contributed by atoms with Crippen molar-refractivity contribution in [2.45, 2.75) is 11.3 Å². The van der Waals surface area contributed by atoms with Crippen molar-refractivity contribution in [2.24, 2.45) is 0 Å². The summed E-state index contributed by atoms with van der Waals surface area (Å²) in [7, 11) is -3.71. The summed E-state index contributed by atoms with van der Waals surface area (Å²) >= 11 is 0. The Kier molecular flexibility index (Phi) is 7.04. The zero-order valence-corrected chi connectivity index (χ0v) is 18.4. The second-order valence-electron chi connectivity index (χ2n) is 7.65. The van der Waals surface area contributed by atoms with Crippen molar-refractivity contribution in [3.05, 3.63) is 53.8 Å². The molecule has 0 aromatic heterocycles. The molecule has 0 saturated carbocycles. The van der Waals surface area contributed by atoms with E-state index in [4.69, 9.17) is 9.47 Å². The number of rotatable bonds is 6. The Morgan fingerprint density at radius 1 is 0.938 bits per heavy atom. The quantitative estimate of drug-likeness (QED) is 0.704. The van der Waals surface area contributed by atoms with Crippen LogP contribution in [0.1, 0.15) is 5.56 Å². The first-order chi connectivity index (χ1) is 15.4. The number of carbonyl (C=O) groups is 1. The molecule has 0 spiro atoms. The van der Waals surface area contributed by atoms with Crippen LogP contribution in [-0.2, 0) is 30.7 Å². The van der Waals surface area contributed by atoms with E-state index < -0.39 is 10.0 Å². The maximum absolute atomic E-state index is 13.2. The van der Waals surface area contributed by atoms with Gasteiger partial charge in [0.05, 0.1) is 49.1 Å². The number of anilines is 2. The van der Waals surface area contributed by atoms with Crippen molar-refractivity contribution in [2.75, 3.05) is 62.8 Å². The topological polar surface area (TPSA) is 88.2 Å². The fourth-order valence-corrected chi connectivity index (χ4v) is 5.21. The van der Waals surface area contributed by atoms with E-state index in [1.54, 1.807) is 24.3 Å². The van der Waals surface area contributed by atoms with Crippen LogP contribution >= 0.6 is 0 Å². The lowest BCUT2D eigenvalue weighted by Crippen LogP contribution is -2.40. The summed E-state index contributed by atoms with van der Waals surface area (Å²) in [4.78, 5) is 14.9. The van der Waals surface area contributed by atoms with Gasteiger partial charge in [0.25, 0.3) is 0 Å². The van der Waals surface area contributed by atoms with E-state index in [1.165, 1.54) is 22.5 Å². The van der Waals surface area contributed by atoms with E-state index in [-0.39, 0.29) is 23.0 Å². The molecule has 2 aliphatic rings. The highest BCUT2D eigenvalue weighted by Crippen LogP contribution is 2.31. The zero-order chi connectivity index (χ0) is 22.6. The molecule has 8 nitrogen and oxygen atoms in total. The number of amides is 1. The van der Waals surface area contributed by atoms with Crippen LogP contribution in [0.15, 0.2) is 47.4 Å². The summed E-state index contributed by atoms with van der Waals surface area (Å²) in [5, 5.41) is 2.86. The Morgan fingerprint density at radius 2 is 1.56 bits per heavy atom. The molecule has 1 amide bonds. The fraction of sp³-hybridized carbons (Fsp3) is 0.409. The first-order valence-electron chi connectivity index (χ1n) is 10.5. The predicted molar refractivity (Wildman–Crippen MR) is 118 cm³/mol. The van der Waals surface area contributed by atoms with Crippen molar-refractivity contribution in [1.82, 2.24) is 4.31 Å². The second kappa shape index (κ2) is 9.95. The predicted octanol–water partition coefficient (Wildman–Crippen LogP) is 1.86. The third-order valence-corrected chi connectivity index (χ3v) is 7.37. The lowest BCUT2D eigenvalue weighted by molar-refractivity contribution is -0.115. The van der Waals surface area contributed by atoms with Gasteiger partial charge >= 0.3 is 0 Å². The highest BCUT2D eigenvalue weighted by Gasteiger charge is 2.28. The van der Waals surface area contributed by atoms with Gasteiger partial charge in [-0.25, -0.2) is 12.8 Å². The van der Waals surface area contributed by atoms with Crippen molar-refractivity contribution in [3.8, 4) is 0 Å². The minimum Gasteiger partial charge on any atom is -0.379 e. The van der Waals surface area contributed by atoms with Gasteiger partial charge in [0.2, 0.25) is 15.9 Å². The molecule has 1 N–H and O–H groups in total. The van der Waals surface area contributed by atoms with Gasteiger partial charge in [-0.05, 0) is 35.9 Å². The molecule has 172 valence electrons. The maximum Gasteiger partial charge on any atom is 0.243 e. The van der Waals surface area contributed by atoms with Crippen molar-refractivity contribution >= 4 is 27.3 Å². The Bertz CT molecular complexity index is 1050. The van der Waals surface area contributed by atoms with Crippen LogP contribution in [-0.4, -0.2) is 71.2 Å². The average Bonchev–Trinajstić information content (AvgIpc) is 2.81. The van der Waals surface area contributed by atoms with Crippen molar-refractivity contribution < 1.29 is 27.1 Å². The molecule has 0 aliphatic carbocycles. The number of hydrogen-bond donors (Lipinski definition) is 1. The van der Waals surface area contributed by atoms with E-state index in [1.807, 2.05) is 0 Å². The van der Waals surface area contributed by atoms with Crippen LogP contribution in [0.3, 0.4) is 0 Å². The Hall–Kier alpha value is -2.53. The van der Waals surface area contributed by atoms with Crippen LogP contribution in [0.25, 0.3) is 0 Å². The molecular formula is C22H26FN3O5S. The van der Waals surface area contributed by atoms with Gasteiger partial charge in [-0.3, -0.25) is 4.79 Å². The maximum atomic E-state index is 13.2. The minimum absolute atomic E-state index is 0.0449. The van der Waals surface area contributed by atoms with Crippen LogP contribution in [0.2, 0.25) is 0 Å². The number of carbonyl (C=O) groups excluding carboxylic acids is 1. The molecule has 0 bridgehead atoms. The molecule has 32 heavy (non-hydrogen) atoms. The largest absolute Gasteiger partial charge is 0.379 e. The number of benzene rings is 2. The van der Waals surface area contributed by atoms with Gasteiger partial charge in [-0.15, -0.1) is 0 Å². The van der Waals surface area contributed by atoms with Gasteiger partial charge < -0.3 is 19.7 Å². The molecule has 10 heteroatoms. The summed E-state index contributed by atoms with van der Waals surface area (Å²) in [6.45, 7) is 3.67. The zero-order valence-electron chi connectivity index (χ0n) is 17.6. The van der Waals surface area contributed by atoms with Gasteiger partial charge in [0.1, 0.15) is 5.82 Å². The molecule has 4 rings (SSSR count). The summed E-state index contributed by atoms with van der Waals surface area (Å²) in [5.41, 5.74) is 1.82. The van der Waals surface area contributed by atoms with Crippen LogP contribution in [0, 0.1) is 5.82 Å². The molecular weight excluding hydrogens is 437 g/mol. The van der Waals surface area contributed by atoms with Gasteiger partial charge in [0.15, 0.2) is 0 Å². The number of ether oxygens (including phenoxy) is 2. The first-order valence-corrected chi connectivity index (χ1v) is 12.0. The molecule has 2 heterocycles. The van der Waals surface area contributed by atoms with E-state index in [0.29, 0.717) is 63.9 Å². The van der Waals surface area contributed by atoms with Crippen molar-refractivity contribution in [3.63, 3.8) is 0 Å². The van der Waals surface area contributed by atoms with Gasteiger partial charge in [-0.1, -0.05) is 12.1 Å². The highest BCUT2D eigenvalue weighted by molar-refractivity contribution is 7.89. The number of nitrogens with one attached hydrogen (secondary N) is 1. The molecule has 2 aromatic carbocycles. The average molecular weight is 464 g/mol. The van der Waals surface area contributed by atoms with E-state index >= 15 is 0 Å². The van der Waals surface area contributed by atoms with Gasteiger partial charge in [0, 0.05) is 26.2 Å². The summed E-state index contributed by atoms with van der Waals surface area (Å²) in [6, 6.07) is 10.5. The fourth-order valence-electron chi connectivity index (χ4n) is 3.77. The van der Waals surface area contributed by atoms with Crippen LogP contribution < -0.4 is 10.2 Å². The normalized spacial score (nSPS) is 17.8. The molecule has 0 radical (unpaired) electrons. The number of nitrogens with zero attached hydrogens (tertiary/aromatic N) is 2. The molecule has 2 saturated heterocycles. The first kappa shape index (κ1) is 22.7. The second-order valence-corrected chi connectivity index (χ2v) is 9.58. The van der Waals surface area contributed by atoms with Crippen LogP contribution in [0.5, 0.6) is 0 Å². The Balaban J connectivity index is 1.61. The van der Waals surface area contributed by atoms with E-state index in [9.17, 15) is 17.6 Å². The molecule has 0 atom stereocenters. The molecule has 2 aromatic rings. The number of morpholine rings is 2. The number of sulfonamides is 1. The third-order valence-electron chi connectivity index (χ3n) is 5.48.